The molecular formula is C29H24N4O4. The third-order valence-corrected chi connectivity index (χ3v) is 6.69. The van der Waals surface area contributed by atoms with E-state index in [2.05, 4.69) is 10.2 Å². The van der Waals surface area contributed by atoms with Gasteiger partial charge >= 0.3 is 0 Å². The third kappa shape index (κ3) is 4.27. The lowest BCUT2D eigenvalue weighted by atomic mass is 9.73. The Morgan fingerprint density at radius 1 is 0.622 bits per heavy atom. The number of imide groups is 2. The summed E-state index contributed by atoms with van der Waals surface area (Å²) in [5, 5.41) is 10.4. The molecule has 2 aliphatic heterocycles. The van der Waals surface area contributed by atoms with Gasteiger partial charge in [-0.25, -0.2) is 0 Å². The Hall–Kier alpha value is -4.72. The van der Waals surface area contributed by atoms with Crippen LogP contribution >= 0.6 is 0 Å². The summed E-state index contributed by atoms with van der Waals surface area (Å²) in [5.41, 5.74) is 2.21. The van der Waals surface area contributed by atoms with Crippen LogP contribution in [-0.2, 0) is 9.59 Å². The predicted molar refractivity (Wildman–Crippen MR) is 138 cm³/mol. The Morgan fingerprint density at radius 3 is 1.35 bits per heavy atom. The quantitative estimate of drug-likeness (QED) is 0.500. The molecule has 0 saturated carbocycles. The minimum atomic E-state index is -0.888. The molecule has 0 N–H and O–H groups in total. The highest BCUT2D eigenvalue weighted by Gasteiger charge is 2.51. The number of carbonyl (C=O) groups excluding carboxylic acids is 4. The van der Waals surface area contributed by atoms with E-state index < -0.39 is 41.4 Å². The van der Waals surface area contributed by atoms with Gasteiger partial charge in [0.15, 0.2) is 0 Å². The lowest BCUT2D eigenvalue weighted by Gasteiger charge is -2.28. The maximum Gasteiger partial charge on any atom is 0.281 e. The van der Waals surface area contributed by atoms with E-state index in [0.29, 0.717) is 28.1 Å². The first kappa shape index (κ1) is 24.0. The number of amides is 4. The van der Waals surface area contributed by atoms with Crippen molar-refractivity contribution in [3.63, 3.8) is 0 Å². The van der Waals surface area contributed by atoms with Crippen LogP contribution in [0.3, 0.4) is 0 Å². The lowest BCUT2D eigenvalue weighted by Crippen LogP contribution is -2.42. The minimum Gasteiger partial charge on any atom is -0.272 e. The largest absolute Gasteiger partial charge is 0.281 e. The van der Waals surface area contributed by atoms with E-state index in [1.54, 1.807) is 74.5 Å². The zero-order chi connectivity index (χ0) is 26.1. The van der Waals surface area contributed by atoms with Crippen LogP contribution < -0.4 is 0 Å². The van der Waals surface area contributed by atoms with E-state index in [0.717, 1.165) is 10.0 Å². The molecule has 0 bridgehead atoms. The fourth-order valence-corrected chi connectivity index (χ4v) is 4.94. The van der Waals surface area contributed by atoms with Crippen LogP contribution in [0.25, 0.3) is 0 Å². The first-order chi connectivity index (χ1) is 17.9. The van der Waals surface area contributed by atoms with Crippen molar-refractivity contribution in [2.24, 2.45) is 22.0 Å². The fraction of sp³-hybridized carbons (Fsp3) is 0.172. The van der Waals surface area contributed by atoms with Crippen LogP contribution in [0.1, 0.15) is 46.0 Å². The Morgan fingerprint density at radius 2 is 0.973 bits per heavy atom. The van der Waals surface area contributed by atoms with E-state index in [1.807, 2.05) is 30.3 Å². The van der Waals surface area contributed by atoms with Gasteiger partial charge in [0.25, 0.3) is 23.6 Å². The average Bonchev–Trinajstić information content (AvgIpc) is 3.39. The van der Waals surface area contributed by atoms with Crippen LogP contribution in [0.15, 0.2) is 101 Å². The molecule has 0 radical (unpaired) electrons. The maximum atomic E-state index is 13.7. The summed E-state index contributed by atoms with van der Waals surface area (Å²) < 4.78 is 0. The monoisotopic (exact) mass is 492 g/mol. The zero-order valence-electron chi connectivity index (χ0n) is 20.3. The molecule has 0 aromatic heterocycles. The van der Waals surface area contributed by atoms with Gasteiger partial charge in [-0.3, -0.25) is 19.2 Å². The summed E-state index contributed by atoms with van der Waals surface area (Å²) in [6, 6.07) is 26.0. The maximum absolute atomic E-state index is 13.7. The van der Waals surface area contributed by atoms with E-state index >= 15 is 0 Å². The highest BCUT2D eigenvalue weighted by Crippen LogP contribution is 2.41. The number of carbonyl (C=O) groups is 4. The van der Waals surface area contributed by atoms with E-state index in [1.165, 1.54) is 0 Å². The van der Waals surface area contributed by atoms with Crippen molar-refractivity contribution < 1.29 is 19.2 Å². The van der Waals surface area contributed by atoms with Crippen molar-refractivity contribution in [1.29, 1.82) is 0 Å². The summed E-state index contributed by atoms with van der Waals surface area (Å²) >= 11 is 0. The molecule has 2 heterocycles. The van der Waals surface area contributed by atoms with Gasteiger partial charge in [-0.05, 0) is 43.7 Å². The SMILES string of the molecule is CC1=NN(C(=O)c2ccccc2)C(=O)[C@H]1C(c1ccccc1)[C@H]1C(=O)N(C(=O)c2ccccc2)N=C1C. The summed E-state index contributed by atoms with van der Waals surface area (Å²) in [7, 11) is 0. The molecular weight excluding hydrogens is 468 g/mol. The average molecular weight is 493 g/mol. The van der Waals surface area contributed by atoms with Crippen molar-refractivity contribution >= 4 is 35.1 Å². The molecule has 37 heavy (non-hydrogen) atoms. The number of hydrazone groups is 2. The van der Waals surface area contributed by atoms with Gasteiger partial charge in [0, 0.05) is 28.5 Å². The Balaban J connectivity index is 1.51. The van der Waals surface area contributed by atoms with Gasteiger partial charge in [0.05, 0.1) is 11.8 Å². The fourth-order valence-electron chi connectivity index (χ4n) is 4.94. The minimum absolute atomic E-state index is 0.332. The Kier molecular flexibility index (Phi) is 6.31. The van der Waals surface area contributed by atoms with Crippen LogP contribution in [0.5, 0.6) is 0 Å². The number of hydrogen-bond acceptors (Lipinski definition) is 6. The molecule has 8 heteroatoms. The molecule has 0 saturated heterocycles. The predicted octanol–water partition coefficient (Wildman–Crippen LogP) is 4.12. The molecule has 0 aliphatic carbocycles. The standard InChI is InChI=1S/C29H24N4O4/c1-18-23(28(36)32(30-18)26(34)21-14-8-4-9-15-21)25(20-12-6-3-7-13-20)24-19(2)31-33(29(24)37)27(35)22-16-10-5-11-17-22/h3-17,23-25H,1-2H3/t23-,24+,25?. The lowest BCUT2D eigenvalue weighted by molar-refractivity contribution is -0.132. The summed E-state index contributed by atoms with van der Waals surface area (Å²) in [6.07, 6.45) is 0. The molecule has 5 rings (SSSR count). The first-order valence-electron chi connectivity index (χ1n) is 11.9. The van der Waals surface area contributed by atoms with Gasteiger partial charge in [-0.2, -0.15) is 20.2 Å². The van der Waals surface area contributed by atoms with Crippen LogP contribution in [-0.4, -0.2) is 45.1 Å². The second-order valence-corrected chi connectivity index (χ2v) is 9.02. The molecule has 4 amide bonds. The van der Waals surface area contributed by atoms with Crippen molar-refractivity contribution in [3.8, 4) is 0 Å². The van der Waals surface area contributed by atoms with E-state index in [4.69, 9.17) is 0 Å². The normalized spacial score (nSPS) is 20.1. The second kappa shape index (κ2) is 9.73. The van der Waals surface area contributed by atoms with Gasteiger partial charge < -0.3 is 0 Å². The van der Waals surface area contributed by atoms with Crippen molar-refractivity contribution in [2.75, 3.05) is 0 Å². The van der Waals surface area contributed by atoms with Gasteiger partial charge in [0.1, 0.15) is 0 Å². The topological polar surface area (TPSA) is 99.5 Å². The molecule has 1 unspecified atom stereocenters. The van der Waals surface area contributed by atoms with Crippen LogP contribution in [0.4, 0.5) is 0 Å². The highest BCUT2D eigenvalue weighted by atomic mass is 16.2. The third-order valence-electron chi connectivity index (χ3n) is 6.69. The summed E-state index contributed by atoms with van der Waals surface area (Å²) in [5.74, 6) is -4.61. The zero-order valence-corrected chi connectivity index (χ0v) is 20.3. The number of nitrogens with zero attached hydrogens (tertiary/aromatic N) is 4. The molecule has 3 aromatic carbocycles. The number of rotatable bonds is 5. The number of hydrogen-bond donors (Lipinski definition) is 0. The van der Waals surface area contributed by atoms with Gasteiger partial charge in [-0.1, -0.05) is 66.7 Å². The molecule has 3 aromatic rings. The van der Waals surface area contributed by atoms with E-state index in [-0.39, 0.29) is 0 Å². The second-order valence-electron chi connectivity index (χ2n) is 9.02. The molecule has 184 valence electrons. The van der Waals surface area contributed by atoms with Crippen molar-refractivity contribution in [2.45, 2.75) is 19.8 Å². The van der Waals surface area contributed by atoms with Crippen LogP contribution in [0, 0.1) is 11.8 Å². The van der Waals surface area contributed by atoms with Gasteiger partial charge in [0.2, 0.25) is 0 Å². The Bertz CT molecular complexity index is 1340. The Labute approximate surface area is 213 Å². The van der Waals surface area contributed by atoms with Crippen molar-refractivity contribution in [3.05, 3.63) is 108 Å². The first-order valence-corrected chi connectivity index (χ1v) is 11.9. The molecule has 0 fully saturated rings. The number of benzene rings is 3. The van der Waals surface area contributed by atoms with Crippen molar-refractivity contribution in [1.82, 2.24) is 10.0 Å². The molecule has 0 spiro atoms. The van der Waals surface area contributed by atoms with Crippen LogP contribution in [0.2, 0.25) is 0 Å². The molecule has 8 nitrogen and oxygen atoms in total. The molecule has 3 atom stereocenters. The molecule has 2 aliphatic rings. The van der Waals surface area contributed by atoms with E-state index in [9.17, 15) is 19.2 Å². The summed E-state index contributed by atoms with van der Waals surface area (Å²) in [4.78, 5) is 53.6. The van der Waals surface area contributed by atoms with Gasteiger partial charge in [-0.15, -0.1) is 0 Å². The smallest absolute Gasteiger partial charge is 0.272 e. The highest BCUT2D eigenvalue weighted by molar-refractivity contribution is 6.20. The summed E-state index contributed by atoms with van der Waals surface area (Å²) in [6.45, 7) is 3.35.